The molecule has 3 rings (SSSR count). The highest BCUT2D eigenvalue weighted by molar-refractivity contribution is 6.30. The molecule has 1 unspecified atom stereocenters. The van der Waals surface area contributed by atoms with E-state index >= 15 is 0 Å². The van der Waals surface area contributed by atoms with E-state index in [1.165, 1.54) is 9.36 Å². The number of aromatic nitrogens is 4. The third-order valence-corrected chi connectivity index (χ3v) is 4.30. The molecule has 0 aliphatic carbocycles. The van der Waals surface area contributed by atoms with E-state index in [0.717, 1.165) is 22.4 Å². The molecule has 0 spiro atoms. The Bertz CT molecular complexity index is 913. The number of tetrazole rings is 1. The monoisotopic (exact) mass is 343 g/mol. The molecule has 0 aliphatic rings. The number of anilines is 1. The smallest absolute Gasteiger partial charge is 0.364 e. The second kappa shape index (κ2) is 6.49. The van der Waals surface area contributed by atoms with Crippen LogP contribution in [-0.2, 0) is 6.54 Å². The predicted octanol–water partition coefficient (Wildman–Crippen LogP) is 2.64. The Hall–Kier alpha value is -2.60. The van der Waals surface area contributed by atoms with Crippen molar-refractivity contribution in [2.45, 2.75) is 26.4 Å². The molecule has 6 nitrogen and oxygen atoms in total. The number of hydrogen-bond acceptors (Lipinski definition) is 4. The van der Waals surface area contributed by atoms with Crippen molar-refractivity contribution in [2.75, 3.05) is 5.73 Å². The van der Waals surface area contributed by atoms with E-state index in [-0.39, 0.29) is 11.7 Å². The van der Waals surface area contributed by atoms with Gasteiger partial charge in [-0.2, -0.15) is 9.36 Å². The number of nitrogens with zero attached hydrogens (tertiary/aromatic N) is 4. The average molecular weight is 344 g/mol. The van der Waals surface area contributed by atoms with Gasteiger partial charge in [-0.15, -0.1) is 0 Å². The van der Waals surface area contributed by atoms with Crippen LogP contribution in [0.3, 0.4) is 0 Å². The van der Waals surface area contributed by atoms with Crippen LogP contribution in [0.5, 0.6) is 0 Å². The summed E-state index contributed by atoms with van der Waals surface area (Å²) >= 11 is 5.90. The van der Waals surface area contributed by atoms with E-state index in [4.69, 9.17) is 17.3 Å². The lowest BCUT2D eigenvalue weighted by molar-refractivity contribution is 0.528. The third kappa shape index (κ3) is 3.19. The molecule has 1 heterocycles. The number of halogens is 1. The molecule has 0 saturated heterocycles. The van der Waals surface area contributed by atoms with Gasteiger partial charge >= 0.3 is 5.69 Å². The second-order valence-electron chi connectivity index (χ2n) is 5.78. The van der Waals surface area contributed by atoms with Crippen LogP contribution in [0, 0.1) is 6.92 Å². The normalized spacial score (nSPS) is 12.3. The highest BCUT2D eigenvalue weighted by Gasteiger charge is 2.15. The van der Waals surface area contributed by atoms with Crippen molar-refractivity contribution in [3.63, 3.8) is 0 Å². The lowest BCUT2D eigenvalue weighted by Crippen LogP contribution is -2.28. The van der Waals surface area contributed by atoms with Crippen molar-refractivity contribution >= 4 is 17.3 Å². The van der Waals surface area contributed by atoms with Crippen molar-refractivity contribution in [3.8, 4) is 0 Å². The van der Waals surface area contributed by atoms with Crippen molar-refractivity contribution < 1.29 is 0 Å². The molecule has 7 heteroatoms. The lowest BCUT2D eigenvalue weighted by atomic mass is 10.1. The van der Waals surface area contributed by atoms with Crippen LogP contribution in [0.2, 0.25) is 5.02 Å². The van der Waals surface area contributed by atoms with Crippen LogP contribution in [0.25, 0.3) is 0 Å². The first kappa shape index (κ1) is 16.3. The highest BCUT2D eigenvalue weighted by Crippen LogP contribution is 2.18. The van der Waals surface area contributed by atoms with Gasteiger partial charge < -0.3 is 5.73 Å². The first-order valence-corrected chi connectivity index (χ1v) is 7.96. The summed E-state index contributed by atoms with van der Waals surface area (Å²) in [7, 11) is 0. The topological polar surface area (TPSA) is 78.7 Å². The van der Waals surface area contributed by atoms with E-state index in [1.807, 2.05) is 44.2 Å². The summed E-state index contributed by atoms with van der Waals surface area (Å²) in [5.74, 6) is 0. The summed E-state index contributed by atoms with van der Waals surface area (Å²) in [6.07, 6.45) is 0. The van der Waals surface area contributed by atoms with Gasteiger partial charge in [0, 0.05) is 10.7 Å². The van der Waals surface area contributed by atoms with E-state index in [9.17, 15) is 4.79 Å². The van der Waals surface area contributed by atoms with Crippen LogP contribution >= 0.6 is 11.6 Å². The molecule has 2 aromatic carbocycles. The molecule has 1 atom stereocenters. The molecule has 2 N–H and O–H groups in total. The summed E-state index contributed by atoms with van der Waals surface area (Å²) in [5.41, 5.74) is 9.16. The fraction of sp³-hybridized carbons (Fsp3) is 0.235. The van der Waals surface area contributed by atoms with Gasteiger partial charge in [0.25, 0.3) is 0 Å². The average Bonchev–Trinajstić information content (AvgIpc) is 2.92. The Morgan fingerprint density at radius 3 is 2.54 bits per heavy atom. The van der Waals surface area contributed by atoms with Crippen molar-refractivity contribution in [2.24, 2.45) is 0 Å². The van der Waals surface area contributed by atoms with Crippen molar-refractivity contribution in [1.29, 1.82) is 0 Å². The number of nitrogens with two attached hydrogens (primary N) is 1. The number of benzene rings is 2. The standard InChI is InChI=1S/C17H18ClN5O/c1-11-9-13(3-8-16(11)19)10-22-17(24)23(21-20-22)12(2)14-4-6-15(18)7-5-14/h3-9,12H,10,19H2,1-2H3. The minimum absolute atomic E-state index is 0.225. The van der Waals surface area contributed by atoms with Crippen LogP contribution in [0.15, 0.2) is 47.3 Å². The van der Waals surface area contributed by atoms with Gasteiger partial charge in [0.05, 0.1) is 12.6 Å². The van der Waals surface area contributed by atoms with Gasteiger partial charge in [0.2, 0.25) is 0 Å². The SMILES string of the molecule is Cc1cc(Cn2nnn(C(C)c3ccc(Cl)cc3)c2=O)ccc1N. The molecule has 3 aromatic rings. The summed E-state index contributed by atoms with van der Waals surface area (Å²) < 4.78 is 2.71. The number of hydrogen-bond donors (Lipinski definition) is 1. The maximum atomic E-state index is 12.6. The summed E-state index contributed by atoms with van der Waals surface area (Å²) in [5, 5.41) is 8.65. The molecule has 24 heavy (non-hydrogen) atoms. The molecule has 0 amide bonds. The van der Waals surface area contributed by atoms with Gasteiger partial charge in [0.15, 0.2) is 0 Å². The lowest BCUT2D eigenvalue weighted by Gasteiger charge is -2.10. The fourth-order valence-electron chi connectivity index (χ4n) is 2.52. The zero-order valence-corrected chi connectivity index (χ0v) is 14.2. The van der Waals surface area contributed by atoms with Gasteiger partial charge in [-0.25, -0.2) is 4.79 Å². The maximum Gasteiger partial charge on any atom is 0.364 e. The van der Waals surface area contributed by atoms with E-state index in [2.05, 4.69) is 10.4 Å². The fourth-order valence-corrected chi connectivity index (χ4v) is 2.65. The van der Waals surface area contributed by atoms with E-state index in [1.54, 1.807) is 12.1 Å². The molecular formula is C17H18ClN5O. The summed E-state index contributed by atoms with van der Waals surface area (Å²) in [6, 6.07) is 12.8. The van der Waals surface area contributed by atoms with Gasteiger partial charge in [-0.05, 0) is 59.2 Å². The zero-order valence-electron chi connectivity index (χ0n) is 13.5. The molecular weight excluding hydrogens is 326 g/mol. The molecule has 1 aromatic heterocycles. The molecule has 0 bridgehead atoms. The first-order valence-electron chi connectivity index (χ1n) is 7.58. The predicted molar refractivity (Wildman–Crippen MR) is 94.2 cm³/mol. The number of aryl methyl sites for hydroxylation is 1. The number of nitrogen functional groups attached to an aromatic ring is 1. The minimum atomic E-state index is -0.257. The van der Waals surface area contributed by atoms with Gasteiger partial charge in [0.1, 0.15) is 0 Å². The minimum Gasteiger partial charge on any atom is -0.399 e. The molecule has 0 saturated carbocycles. The van der Waals surface area contributed by atoms with Crippen LogP contribution in [0.4, 0.5) is 5.69 Å². The Kier molecular flexibility index (Phi) is 4.40. The van der Waals surface area contributed by atoms with Gasteiger partial charge in [-0.1, -0.05) is 35.9 Å². The van der Waals surface area contributed by atoms with Crippen LogP contribution in [-0.4, -0.2) is 19.8 Å². The Labute approximate surface area is 144 Å². The van der Waals surface area contributed by atoms with E-state index < -0.39 is 0 Å². The summed E-state index contributed by atoms with van der Waals surface area (Å²) in [6.45, 7) is 4.19. The third-order valence-electron chi connectivity index (χ3n) is 4.05. The summed E-state index contributed by atoms with van der Waals surface area (Å²) in [4.78, 5) is 12.6. The molecule has 0 radical (unpaired) electrons. The quantitative estimate of drug-likeness (QED) is 0.738. The highest BCUT2D eigenvalue weighted by atomic mass is 35.5. The van der Waals surface area contributed by atoms with Crippen molar-refractivity contribution in [1.82, 2.24) is 19.8 Å². The van der Waals surface area contributed by atoms with Gasteiger partial charge in [-0.3, -0.25) is 0 Å². The maximum absolute atomic E-state index is 12.6. The van der Waals surface area contributed by atoms with Crippen LogP contribution < -0.4 is 11.4 Å². The Balaban J connectivity index is 1.86. The van der Waals surface area contributed by atoms with Crippen molar-refractivity contribution in [3.05, 3.63) is 74.7 Å². The Morgan fingerprint density at radius 1 is 1.17 bits per heavy atom. The molecule has 0 fully saturated rings. The van der Waals surface area contributed by atoms with Crippen LogP contribution in [0.1, 0.15) is 29.7 Å². The molecule has 124 valence electrons. The number of rotatable bonds is 4. The largest absolute Gasteiger partial charge is 0.399 e. The zero-order chi connectivity index (χ0) is 17.3. The second-order valence-corrected chi connectivity index (χ2v) is 6.22. The Morgan fingerprint density at radius 2 is 1.88 bits per heavy atom. The first-order chi connectivity index (χ1) is 11.5. The molecule has 0 aliphatic heterocycles. The van der Waals surface area contributed by atoms with E-state index in [0.29, 0.717) is 11.6 Å².